The van der Waals surface area contributed by atoms with E-state index < -0.39 is 0 Å². The molecule has 0 bridgehead atoms. The van der Waals surface area contributed by atoms with Gasteiger partial charge in [0.1, 0.15) is 6.33 Å². The number of rotatable bonds is 4. The number of carbonyl (C=O) groups is 1. The Bertz CT molecular complexity index is 443. The third kappa shape index (κ3) is 3.00. The van der Waals surface area contributed by atoms with Crippen LogP contribution in [0.2, 0.25) is 0 Å². The molecule has 2 rings (SSSR count). The maximum atomic E-state index is 11.4. The van der Waals surface area contributed by atoms with Gasteiger partial charge in [-0.15, -0.1) is 0 Å². The standard InChI is InChI=1S/C12H19N3O3/c1-18-11(16)7-4-9-2-5-10(6-3-9)15-8-13-14-12(15)17/h8-10H,2-7H2,1H3,(H,14,17)/t9-,10-. The van der Waals surface area contributed by atoms with Crippen molar-refractivity contribution in [2.75, 3.05) is 7.11 Å². The van der Waals surface area contributed by atoms with E-state index in [2.05, 4.69) is 14.9 Å². The minimum absolute atomic E-state index is 0.131. The van der Waals surface area contributed by atoms with Crippen LogP contribution in [-0.2, 0) is 9.53 Å². The Balaban J connectivity index is 1.80. The number of aromatic nitrogens is 3. The number of methoxy groups -OCH3 is 1. The van der Waals surface area contributed by atoms with Crippen LogP contribution in [0, 0.1) is 5.92 Å². The van der Waals surface area contributed by atoms with E-state index in [0.29, 0.717) is 12.3 Å². The normalized spacial score (nSPS) is 23.8. The highest BCUT2D eigenvalue weighted by molar-refractivity contribution is 5.69. The van der Waals surface area contributed by atoms with Crippen molar-refractivity contribution in [1.29, 1.82) is 0 Å². The Kier molecular flexibility index (Phi) is 4.17. The van der Waals surface area contributed by atoms with Crippen LogP contribution < -0.4 is 5.69 Å². The zero-order valence-electron chi connectivity index (χ0n) is 10.6. The zero-order valence-corrected chi connectivity index (χ0v) is 10.6. The molecule has 1 heterocycles. The third-order valence-corrected chi connectivity index (χ3v) is 3.77. The number of nitrogens with zero attached hydrogens (tertiary/aromatic N) is 2. The van der Waals surface area contributed by atoms with E-state index >= 15 is 0 Å². The molecular formula is C12H19N3O3. The van der Waals surface area contributed by atoms with Crippen LogP contribution >= 0.6 is 0 Å². The van der Waals surface area contributed by atoms with Crippen LogP contribution in [0.1, 0.15) is 44.6 Å². The van der Waals surface area contributed by atoms with Gasteiger partial charge in [-0.25, -0.2) is 9.89 Å². The second-order valence-electron chi connectivity index (χ2n) is 4.86. The van der Waals surface area contributed by atoms with Gasteiger partial charge in [-0.2, -0.15) is 5.10 Å². The highest BCUT2D eigenvalue weighted by Gasteiger charge is 2.23. The SMILES string of the molecule is COC(=O)CC[C@H]1CC[C@H](n2cn[nH]c2=O)CC1. The lowest BCUT2D eigenvalue weighted by Crippen LogP contribution is -2.26. The average molecular weight is 253 g/mol. The van der Waals surface area contributed by atoms with Crippen molar-refractivity contribution >= 4 is 5.97 Å². The molecule has 100 valence electrons. The minimum Gasteiger partial charge on any atom is -0.469 e. The summed E-state index contributed by atoms with van der Waals surface area (Å²) in [5, 5.41) is 6.17. The predicted molar refractivity (Wildman–Crippen MR) is 65.1 cm³/mol. The highest BCUT2D eigenvalue weighted by Crippen LogP contribution is 2.33. The molecule has 6 nitrogen and oxygen atoms in total. The van der Waals surface area contributed by atoms with Gasteiger partial charge in [0.05, 0.1) is 7.11 Å². The van der Waals surface area contributed by atoms with Crippen LogP contribution in [0.5, 0.6) is 0 Å². The molecule has 1 aromatic heterocycles. The van der Waals surface area contributed by atoms with E-state index in [9.17, 15) is 9.59 Å². The molecule has 0 radical (unpaired) electrons. The Morgan fingerprint density at radius 2 is 2.22 bits per heavy atom. The molecular weight excluding hydrogens is 234 g/mol. The number of nitrogens with one attached hydrogen (secondary N) is 1. The molecule has 1 saturated carbocycles. The number of hydrogen-bond donors (Lipinski definition) is 1. The third-order valence-electron chi connectivity index (χ3n) is 3.77. The van der Waals surface area contributed by atoms with Gasteiger partial charge < -0.3 is 4.74 Å². The first-order valence-electron chi connectivity index (χ1n) is 6.39. The molecule has 0 amide bonds. The predicted octanol–water partition coefficient (Wildman–Crippen LogP) is 1.26. The van der Waals surface area contributed by atoms with Crippen molar-refractivity contribution in [3.8, 4) is 0 Å². The summed E-state index contributed by atoms with van der Waals surface area (Å²) >= 11 is 0. The van der Waals surface area contributed by atoms with Gasteiger partial charge >= 0.3 is 11.7 Å². The van der Waals surface area contributed by atoms with Crippen LogP contribution in [0.15, 0.2) is 11.1 Å². The monoisotopic (exact) mass is 253 g/mol. The van der Waals surface area contributed by atoms with Gasteiger partial charge in [-0.1, -0.05) is 0 Å². The second-order valence-corrected chi connectivity index (χ2v) is 4.86. The van der Waals surface area contributed by atoms with Crippen LogP contribution in [0.25, 0.3) is 0 Å². The number of carbonyl (C=O) groups excluding carboxylic acids is 1. The van der Waals surface area contributed by atoms with E-state index in [1.165, 1.54) is 7.11 Å². The maximum absolute atomic E-state index is 11.4. The van der Waals surface area contributed by atoms with Crippen molar-refractivity contribution in [2.24, 2.45) is 5.92 Å². The lowest BCUT2D eigenvalue weighted by atomic mass is 9.83. The molecule has 1 fully saturated rings. The summed E-state index contributed by atoms with van der Waals surface area (Å²) in [5.41, 5.74) is -0.131. The number of H-pyrrole nitrogens is 1. The molecule has 0 aromatic carbocycles. The molecule has 1 N–H and O–H groups in total. The Labute approximate surface area is 105 Å². The second kappa shape index (κ2) is 5.84. The summed E-state index contributed by atoms with van der Waals surface area (Å²) < 4.78 is 6.32. The largest absolute Gasteiger partial charge is 0.469 e. The average Bonchev–Trinajstić information content (AvgIpc) is 2.83. The van der Waals surface area contributed by atoms with Gasteiger partial charge in [-0.3, -0.25) is 9.36 Å². The van der Waals surface area contributed by atoms with Crippen molar-refractivity contribution < 1.29 is 9.53 Å². The molecule has 0 atom stereocenters. The molecule has 6 heteroatoms. The Morgan fingerprint density at radius 1 is 1.50 bits per heavy atom. The smallest absolute Gasteiger partial charge is 0.343 e. The molecule has 0 aliphatic heterocycles. The first kappa shape index (κ1) is 12.9. The minimum atomic E-state index is -0.136. The molecule has 18 heavy (non-hydrogen) atoms. The van der Waals surface area contributed by atoms with E-state index in [1.807, 2.05) is 0 Å². The van der Waals surface area contributed by atoms with Gasteiger partial charge in [0, 0.05) is 12.5 Å². The van der Waals surface area contributed by atoms with Crippen LogP contribution in [0.3, 0.4) is 0 Å². The van der Waals surface area contributed by atoms with Gasteiger partial charge in [-0.05, 0) is 38.0 Å². The first-order chi connectivity index (χ1) is 8.70. The van der Waals surface area contributed by atoms with Crippen molar-refractivity contribution in [2.45, 2.75) is 44.6 Å². The molecule has 0 saturated heterocycles. The molecule has 0 spiro atoms. The summed E-state index contributed by atoms with van der Waals surface area (Å²) in [6.45, 7) is 0. The lowest BCUT2D eigenvalue weighted by molar-refractivity contribution is -0.141. The van der Waals surface area contributed by atoms with Crippen molar-refractivity contribution in [3.05, 3.63) is 16.8 Å². The van der Waals surface area contributed by atoms with E-state index in [0.717, 1.165) is 32.1 Å². The van der Waals surface area contributed by atoms with E-state index in [-0.39, 0.29) is 17.7 Å². The number of aromatic amines is 1. The zero-order chi connectivity index (χ0) is 13.0. The fraction of sp³-hybridized carbons (Fsp3) is 0.750. The van der Waals surface area contributed by atoms with Crippen molar-refractivity contribution in [1.82, 2.24) is 14.8 Å². The van der Waals surface area contributed by atoms with Gasteiger partial charge in [0.25, 0.3) is 0 Å². The quantitative estimate of drug-likeness (QED) is 0.819. The summed E-state index contributed by atoms with van der Waals surface area (Å²) in [4.78, 5) is 22.5. The summed E-state index contributed by atoms with van der Waals surface area (Å²) in [6.07, 6.45) is 7.02. The van der Waals surface area contributed by atoms with E-state index in [4.69, 9.17) is 0 Å². The first-order valence-corrected chi connectivity index (χ1v) is 6.39. The Morgan fingerprint density at radius 3 is 2.78 bits per heavy atom. The molecule has 1 aromatic rings. The highest BCUT2D eigenvalue weighted by atomic mass is 16.5. The van der Waals surface area contributed by atoms with Crippen LogP contribution in [-0.4, -0.2) is 27.8 Å². The lowest BCUT2D eigenvalue weighted by Gasteiger charge is -2.28. The molecule has 0 unspecified atom stereocenters. The number of ether oxygens (including phenoxy) is 1. The van der Waals surface area contributed by atoms with E-state index in [1.54, 1.807) is 10.9 Å². The Hall–Kier alpha value is -1.59. The number of esters is 1. The van der Waals surface area contributed by atoms with Crippen molar-refractivity contribution in [3.63, 3.8) is 0 Å². The fourth-order valence-electron chi connectivity index (χ4n) is 2.65. The molecule has 1 aliphatic rings. The van der Waals surface area contributed by atoms with Gasteiger partial charge in [0.15, 0.2) is 0 Å². The number of hydrogen-bond acceptors (Lipinski definition) is 4. The topological polar surface area (TPSA) is 77.0 Å². The molecule has 1 aliphatic carbocycles. The summed E-state index contributed by atoms with van der Waals surface area (Å²) in [7, 11) is 1.42. The summed E-state index contributed by atoms with van der Waals surface area (Å²) in [5.74, 6) is 0.436. The van der Waals surface area contributed by atoms with Crippen LogP contribution in [0.4, 0.5) is 0 Å². The summed E-state index contributed by atoms with van der Waals surface area (Å²) in [6, 6.07) is 0.255. The maximum Gasteiger partial charge on any atom is 0.343 e. The fourth-order valence-corrected chi connectivity index (χ4v) is 2.65. The van der Waals surface area contributed by atoms with Gasteiger partial charge in [0.2, 0.25) is 0 Å².